The maximum Gasteiger partial charge on any atom is 0.324 e. The van der Waals surface area contributed by atoms with Gasteiger partial charge in [-0.05, 0) is 33.2 Å². The molecule has 5 heteroatoms. The van der Waals surface area contributed by atoms with Crippen LogP contribution < -0.4 is 0 Å². The number of carboxylic acid groups (broad SMARTS) is 1. The van der Waals surface area contributed by atoms with Gasteiger partial charge in [0.05, 0.1) is 0 Å². The number of carboxylic acids is 1. The van der Waals surface area contributed by atoms with Gasteiger partial charge < -0.3 is 5.11 Å². The summed E-state index contributed by atoms with van der Waals surface area (Å²) in [5.41, 5.74) is -0.959. The Balaban J connectivity index is 3.15. The van der Waals surface area contributed by atoms with Crippen molar-refractivity contribution in [2.75, 3.05) is 14.1 Å². The van der Waals surface area contributed by atoms with Crippen molar-refractivity contribution >= 4 is 17.6 Å². The van der Waals surface area contributed by atoms with Crippen molar-refractivity contribution in [2.45, 2.75) is 18.9 Å². The molecule has 1 unspecified atom stereocenters. The lowest BCUT2D eigenvalue weighted by molar-refractivity contribution is -0.148. The van der Waals surface area contributed by atoms with E-state index < -0.39 is 17.3 Å². The van der Waals surface area contributed by atoms with Gasteiger partial charge in [0.25, 0.3) is 0 Å². The summed E-state index contributed by atoms with van der Waals surface area (Å²) in [5.74, 6) is -1.49. The van der Waals surface area contributed by atoms with Crippen LogP contribution in [0.3, 0.4) is 0 Å². The summed E-state index contributed by atoms with van der Waals surface area (Å²) in [6.07, 6.45) is 0.0147. The summed E-state index contributed by atoms with van der Waals surface area (Å²) in [6, 6.07) is 4.33. The van der Waals surface area contributed by atoms with Gasteiger partial charge in [-0.15, -0.1) is 0 Å². The van der Waals surface area contributed by atoms with Crippen LogP contribution in [0.5, 0.6) is 0 Å². The second-order valence-electron chi connectivity index (χ2n) is 4.35. The smallest absolute Gasteiger partial charge is 0.324 e. The van der Waals surface area contributed by atoms with Crippen LogP contribution in [-0.4, -0.2) is 35.6 Å². The summed E-state index contributed by atoms with van der Waals surface area (Å²) in [5, 5.41) is 9.49. The summed E-state index contributed by atoms with van der Waals surface area (Å²) in [7, 11) is 3.28. The summed E-state index contributed by atoms with van der Waals surface area (Å²) >= 11 is 5.89. The average molecular weight is 260 g/mol. The number of hydrogen-bond acceptors (Lipinski definition) is 2. The van der Waals surface area contributed by atoms with E-state index in [9.17, 15) is 14.3 Å². The van der Waals surface area contributed by atoms with E-state index in [1.807, 2.05) is 0 Å². The van der Waals surface area contributed by atoms with E-state index >= 15 is 0 Å². The van der Waals surface area contributed by atoms with E-state index in [1.54, 1.807) is 20.2 Å². The fourth-order valence-corrected chi connectivity index (χ4v) is 1.70. The lowest BCUT2D eigenvalue weighted by atomic mass is 9.91. The number of rotatable bonds is 4. The molecular formula is C12H15ClFNO2. The second-order valence-corrected chi connectivity index (χ2v) is 4.76. The monoisotopic (exact) mass is 259 g/mol. The van der Waals surface area contributed by atoms with Crippen LogP contribution in [0.25, 0.3) is 0 Å². The first kappa shape index (κ1) is 13.9. The lowest BCUT2D eigenvalue weighted by Gasteiger charge is -2.32. The minimum atomic E-state index is -1.19. The normalized spacial score (nSPS) is 14.7. The molecular weight excluding hydrogens is 245 g/mol. The predicted molar refractivity (Wildman–Crippen MR) is 64.8 cm³/mol. The number of likely N-dealkylation sites (N-methyl/N-ethyl adjacent to an activating group) is 1. The zero-order valence-corrected chi connectivity index (χ0v) is 10.8. The van der Waals surface area contributed by atoms with E-state index in [4.69, 9.17) is 11.6 Å². The Hall–Kier alpha value is -1.13. The second kappa shape index (κ2) is 5.02. The van der Waals surface area contributed by atoms with Crippen LogP contribution >= 0.6 is 11.6 Å². The van der Waals surface area contributed by atoms with Crippen LogP contribution in [0.15, 0.2) is 18.2 Å². The van der Waals surface area contributed by atoms with Crippen molar-refractivity contribution in [1.29, 1.82) is 0 Å². The predicted octanol–water partition coefficient (Wildman–Crippen LogP) is 2.43. The van der Waals surface area contributed by atoms with Crippen LogP contribution in [0.4, 0.5) is 4.39 Å². The standard InChI is InChI=1S/C12H15ClFNO2/c1-12(11(16)17,15(2)3)7-8-9(13)5-4-6-10(8)14/h4-6H,7H2,1-3H3,(H,16,17). The number of halogens is 2. The van der Waals surface area contributed by atoms with Gasteiger partial charge >= 0.3 is 5.97 Å². The van der Waals surface area contributed by atoms with E-state index in [-0.39, 0.29) is 17.0 Å². The molecule has 0 fully saturated rings. The first-order valence-corrected chi connectivity index (χ1v) is 5.50. The summed E-state index contributed by atoms with van der Waals surface area (Å²) < 4.78 is 13.6. The van der Waals surface area contributed by atoms with E-state index in [1.165, 1.54) is 24.0 Å². The highest BCUT2D eigenvalue weighted by Gasteiger charge is 2.37. The van der Waals surface area contributed by atoms with Crippen LogP contribution in [-0.2, 0) is 11.2 Å². The van der Waals surface area contributed by atoms with Crippen molar-refractivity contribution in [1.82, 2.24) is 4.90 Å². The van der Waals surface area contributed by atoms with Gasteiger partial charge in [0.2, 0.25) is 0 Å². The topological polar surface area (TPSA) is 40.5 Å². The van der Waals surface area contributed by atoms with Crippen LogP contribution in [0, 0.1) is 5.82 Å². The van der Waals surface area contributed by atoms with Crippen molar-refractivity contribution < 1.29 is 14.3 Å². The van der Waals surface area contributed by atoms with Crippen molar-refractivity contribution in [2.24, 2.45) is 0 Å². The SMILES string of the molecule is CN(C)C(C)(Cc1c(F)cccc1Cl)C(=O)O. The molecule has 0 aromatic heterocycles. The molecule has 17 heavy (non-hydrogen) atoms. The zero-order chi connectivity index (χ0) is 13.2. The molecule has 0 amide bonds. The van der Waals surface area contributed by atoms with E-state index in [0.717, 1.165) is 0 Å². The molecule has 1 rings (SSSR count). The highest BCUT2D eigenvalue weighted by Crippen LogP contribution is 2.26. The van der Waals surface area contributed by atoms with Gasteiger partial charge in [-0.2, -0.15) is 0 Å². The van der Waals surface area contributed by atoms with Crippen molar-refractivity contribution in [3.63, 3.8) is 0 Å². The average Bonchev–Trinajstić information content (AvgIpc) is 2.22. The van der Waals surface area contributed by atoms with E-state index in [2.05, 4.69) is 0 Å². The minimum Gasteiger partial charge on any atom is -0.480 e. The molecule has 3 nitrogen and oxygen atoms in total. The highest BCUT2D eigenvalue weighted by atomic mass is 35.5. The molecule has 1 aromatic carbocycles. The highest BCUT2D eigenvalue weighted by molar-refractivity contribution is 6.31. The third-order valence-corrected chi connectivity index (χ3v) is 3.38. The molecule has 0 aliphatic rings. The molecule has 0 radical (unpaired) electrons. The van der Waals surface area contributed by atoms with Crippen LogP contribution in [0.2, 0.25) is 5.02 Å². The molecule has 0 aliphatic carbocycles. The molecule has 94 valence electrons. The van der Waals surface area contributed by atoms with Crippen molar-refractivity contribution in [3.8, 4) is 0 Å². The van der Waals surface area contributed by atoms with Gasteiger partial charge in [-0.25, -0.2) is 4.39 Å². The Morgan fingerprint density at radius 2 is 2.12 bits per heavy atom. The van der Waals surface area contributed by atoms with Gasteiger partial charge in [-0.3, -0.25) is 9.69 Å². The Bertz CT molecular complexity index is 416. The summed E-state index contributed by atoms with van der Waals surface area (Å²) in [4.78, 5) is 12.8. The zero-order valence-electron chi connectivity index (χ0n) is 10.00. The largest absolute Gasteiger partial charge is 0.480 e. The molecule has 0 saturated heterocycles. The Morgan fingerprint density at radius 1 is 1.53 bits per heavy atom. The third kappa shape index (κ3) is 2.76. The molecule has 1 atom stereocenters. The quantitative estimate of drug-likeness (QED) is 0.903. The van der Waals surface area contributed by atoms with Gasteiger partial charge in [-0.1, -0.05) is 17.7 Å². The van der Waals surface area contributed by atoms with Crippen LogP contribution in [0.1, 0.15) is 12.5 Å². The molecule has 1 N–H and O–H groups in total. The number of carbonyl (C=O) groups is 1. The Labute approximate surface area is 105 Å². The maximum atomic E-state index is 13.6. The molecule has 0 heterocycles. The van der Waals surface area contributed by atoms with Crippen molar-refractivity contribution in [3.05, 3.63) is 34.6 Å². The fourth-order valence-electron chi connectivity index (χ4n) is 1.47. The Kier molecular flexibility index (Phi) is 4.11. The molecule has 1 aromatic rings. The molecule has 0 aliphatic heterocycles. The third-order valence-electron chi connectivity index (χ3n) is 3.03. The van der Waals surface area contributed by atoms with E-state index in [0.29, 0.717) is 0 Å². The first-order valence-electron chi connectivity index (χ1n) is 5.12. The first-order chi connectivity index (χ1) is 7.79. The number of benzene rings is 1. The lowest BCUT2D eigenvalue weighted by Crippen LogP contribution is -2.50. The molecule has 0 spiro atoms. The number of aliphatic carboxylic acids is 1. The number of hydrogen-bond donors (Lipinski definition) is 1. The minimum absolute atomic E-state index is 0.0147. The summed E-state index contributed by atoms with van der Waals surface area (Å²) in [6.45, 7) is 1.54. The molecule has 0 bridgehead atoms. The maximum absolute atomic E-state index is 13.6. The Morgan fingerprint density at radius 3 is 2.53 bits per heavy atom. The van der Waals surface area contributed by atoms with Gasteiger partial charge in [0.15, 0.2) is 0 Å². The number of nitrogens with zero attached hydrogens (tertiary/aromatic N) is 1. The van der Waals surface area contributed by atoms with Gasteiger partial charge in [0, 0.05) is 17.0 Å². The molecule has 0 saturated carbocycles. The van der Waals surface area contributed by atoms with Gasteiger partial charge in [0.1, 0.15) is 11.4 Å². The fraction of sp³-hybridized carbons (Fsp3) is 0.417.